The van der Waals surface area contributed by atoms with E-state index in [0.717, 1.165) is 30.1 Å². The molecule has 0 aromatic carbocycles. The SMILES string of the molecule is C=C/C=C\C(Cl)=C/CCN(C1CCCC1)C1CCCNCC1.CC. The minimum absolute atomic E-state index is 0.758. The molecular weight excluding hydrogens is 316 g/mol. The molecule has 0 aromatic rings. The molecular formula is C21H37ClN2. The van der Waals surface area contributed by atoms with E-state index in [0.29, 0.717) is 0 Å². The van der Waals surface area contributed by atoms with Crippen LogP contribution in [0.5, 0.6) is 0 Å². The van der Waals surface area contributed by atoms with Crippen molar-refractivity contribution in [1.29, 1.82) is 0 Å². The Balaban J connectivity index is 0.00000139. The first-order chi connectivity index (χ1) is 11.8. The number of halogens is 1. The van der Waals surface area contributed by atoms with Gasteiger partial charge in [-0.2, -0.15) is 0 Å². The number of hydrogen-bond donors (Lipinski definition) is 1. The second kappa shape index (κ2) is 13.7. The van der Waals surface area contributed by atoms with Crippen molar-refractivity contribution in [2.45, 2.75) is 77.3 Å². The van der Waals surface area contributed by atoms with Crippen LogP contribution in [0.2, 0.25) is 0 Å². The van der Waals surface area contributed by atoms with Gasteiger partial charge in [0, 0.05) is 23.7 Å². The summed E-state index contributed by atoms with van der Waals surface area (Å²) >= 11 is 6.21. The molecule has 2 fully saturated rings. The third kappa shape index (κ3) is 8.00. The topological polar surface area (TPSA) is 15.3 Å². The fraction of sp³-hybridized carbons (Fsp3) is 0.714. The molecule has 2 rings (SSSR count). The van der Waals surface area contributed by atoms with Crippen molar-refractivity contribution in [3.8, 4) is 0 Å². The molecule has 0 bridgehead atoms. The maximum absolute atomic E-state index is 6.21. The number of nitrogens with zero attached hydrogens (tertiary/aromatic N) is 1. The fourth-order valence-corrected chi connectivity index (χ4v) is 3.99. The molecule has 0 spiro atoms. The predicted molar refractivity (Wildman–Crippen MR) is 109 cm³/mol. The molecule has 1 N–H and O–H groups in total. The van der Waals surface area contributed by atoms with Crippen LogP contribution in [0.25, 0.3) is 0 Å². The molecule has 1 unspecified atom stereocenters. The maximum Gasteiger partial charge on any atom is 0.0366 e. The first-order valence-corrected chi connectivity index (χ1v) is 10.3. The minimum Gasteiger partial charge on any atom is -0.317 e. The Kier molecular flexibility index (Phi) is 12.2. The molecule has 3 heteroatoms. The molecule has 1 aliphatic carbocycles. The van der Waals surface area contributed by atoms with E-state index in [1.807, 2.05) is 26.0 Å². The van der Waals surface area contributed by atoms with Crippen molar-refractivity contribution >= 4 is 11.6 Å². The molecule has 1 saturated heterocycles. The maximum atomic E-state index is 6.21. The van der Waals surface area contributed by atoms with Crippen molar-refractivity contribution in [3.63, 3.8) is 0 Å². The molecule has 138 valence electrons. The van der Waals surface area contributed by atoms with Gasteiger partial charge in [0.25, 0.3) is 0 Å². The first kappa shape index (κ1) is 21.5. The lowest BCUT2D eigenvalue weighted by Gasteiger charge is -2.36. The average Bonchev–Trinajstić information content (AvgIpc) is 3.01. The van der Waals surface area contributed by atoms with E-state index < -0.39 is 0 Å². The summed E-state index contributed by atoms with van der Waals surface area (Å²) in [5, 5.41) is 4.37. The predicted octanol–water partition coefficient (Wildman–Crippen LogP) is 5.65. The van der Waals surface area contributed by atoms with Crippen LogP contribution in [0.1, 0.15) is 65.2 Å². The van der Waals surface area contributed by atoms with E-state index in [1.165, 1.54) is 58.0 Å². The lowest BCUT2D eigenvalue weighted by atomic mass is 10.0. The number of hydrogen-bond acceptors (Lipinski definition) is 2. The quantitative estimate of drug-likeness (QED) is 0.595. The van der Waals surface area contributed by atoms with Crippen LogP contribution in [-0.2, 0) is 0 Å². The molecule has 24 heavy (non-hydrogen) atoms. The Labute approximate surface area is 155 Å². The fourth-order valence-electron chi connectivity index (χ4n) is 3.81. The monoisotopic (exact) mass is 352 g/mol. The van der Waals surface area contributed by atoms with E-state index in [9.17, 15) is 0 Å². The van der Waals surface area contributed by atoms with Crippen LogP contribution in [0.15, 0.2) is 35.9 Å². The normalized spacial score (nSPS) is 23.2. The van der Waals surface area contributed by atoms with Crippen molar-refractivity contribution in [2.24, 2.45) is 0 Å². The number of rotatable bonds is 7. The second-order valence-electron chi connectivity index (χ2n) is 6.48. The molecule has 0 radical (unpaired) electrons. The highest BCUT2D eigenvalue weighted by Gasteiger charge is 2.28. The zero-order valence-corrected chi connectivity index (χ0v) is 16.5. The summed E-state index contributed by atoms with van der Waals surface area (Å²) in [7, 11) is 0. The summed E-state index contributed by atoms with van der Waals surface area (Å²) in [6, 6.07) is 1.56. The van der Waals surface area contributed by atoms with Crippen LogP contribution < -0.4 is 5.32 Å². The van der Waals surface area contributed by atoms with Gasteiger partial charge in [0.2, 0.25) is 0 Å². The third-order valence-corrected chi connectivity index (χ3v) is 5.21. The minimum atomic E-state index is 0.758. The Hall–Kier alpha value is -0.570. The van der Waals surface area contributed by atoms with Gasteiger partial charge in [-0.3, -0.25) is 4.90 Å². The van der Waals surface area contributed by atoms with E-state index in [-0.39, 0.29) is 0 Å². The highest BCUT2D eigenvalue weighted by molar-refractivity contribution is 6.31. The molecule has 2 aliphatic rings. The van der Waals surface area contributed by atoms with Crippen molar-refractivity contribution in [1.82, 2.24) is 10.2 Å². The van der Waals surface area contributed by atoms with E-state index >= 15 is 0 Å². The van der Waals surface area contributed by atoms with E-state index in [1.54, 1.807) is 6.08 Å². The van der Waals surface area contributed by atoms with Gasteiger partial charge in [-0.05, 0) is 57.7 Å². The van der Waals surface area contributed by atoms with Gasteiger partial charge in [0.15, 0.2) is 0 Å². The van der Waals surface area contributed by atoms with Crippen LogP contribution in [0.4, 0.5) is 0 Å². The van der Waals surface area contributed by atoms with Crippen LogP contribution >= 0.6 is 11.6 Å². The Morgan fingerprint density at radius 1 is 1.08 bits per heavy atom. The molecule has 0 aromatic heterocycles. The third-order valence-electron chi connectivity index (χ3n) is 4.93. The zero-order valence-electron chi connectivity index (χ0n) is 15.8. The molecule has 0 amide bonds. The molecule has 1 heterocycles. The average molecular weight is 353 g/mol. The van der Waals surface area contributed by atoms with Crippen molar-refractivity contribution in [2.75, 3.05) is 19.6 Å². The highest BCUT2D eigenvalue weighted by atomic mass is 35.5. The summed E-state index contributed by atoms with van der Waals surface area (Å²) in [5.41, 5.74) is 0. The molecule has 1 atom stereocenters. The molecule has 1 aliphatic heterocycles. The lowest BCUT2D eigenvalue weighted by molar-refractivity contribution is 0.127. The van der Waals surface area contributed by atoms with Gasteiger partial charge in [0.1, 0.15) is 0 Å². The Bertz CT molecular complexity index is 375. The van der Waals surface area contributed by atoms with Crippen LogP contribution in [0, 0.1) is 0 Å². The largest absolute Gasteiger partial charge is 0.317 e. The van der Waals surface area contributed by atoms with Crippen molar-refractivity contribution in [3.05, 3.63) is 35.9 Å². The molecule has 2 nitrogen and oxygen atoms in total. The van der Waals surface area contributed by atoms with Gasteiger partial charge >= 0.3 is 0 Å². The highest BCUT2D eigenvalue weighted by Crippen LogP contribution is 2.28. The summed E-state index contributed by atoms with van der Waals surface area (Å²) in [6.07, 6.45) is 18.3. The summed E-state index contributed by atoms with van der Waals surface area (Å²) in [6.45, 7) is 11.2. The Morgan fingerprint density at radius 3 is 2.46 bits per heavy atom. The van der Waals surface area contributed by atoms with Gasteiger partial charge < -0.3 is 5.32 Å². The van der Waals surface area contributed by atoms with Gasteiger partial charge in [0.05, 0.1) is 0 Å². The van der Waals surface area contributed by atoms with Crippen molar-refractivity contribution < 1.29 is 0 Å². The van der Waals surface area contributed by atoms with Gasteiger partial charge in [-0.25, -0.2) is 0 Å². The second-order valence-corrected chi connectivity index (χ2v) is 6.92. The van der Waals surface area contributed by atoms with Crippen LogP contribution in [0.3, 0.4) is 0 Å². The number of allylic oxidation sites excluding steroid dienone is 4. The smallest absolute Gasteiger partial charge is 0.0366 e. The summed E-state index contributed by atoms with van der Waals surface area (Å²) < 4.78 is 0. The summed E-state index contributed by atoms with van der Waals surface area (Å²) in [5.74, 6) is 0. The first-order valence-electron chi connectivity index (χ1n) is 9.92. The summed E-state index contributed by atoms with van der Waals surface area (Å²) in [4.78, 5) is 2.80. The Morgan fingerprint density at radius 2 is 1.75 bits per heavy atom. The van der Waals surface area contributed by atoms with Crippen LogP contribution in [-0.4, -0.2) is 36.6 Å². The standard InChI is InChI=1S/C19H31ClN2.C2H6/c1-2-3-8-17(20)9-7-16-22(18-10-4-5-11-18)19-12-6-14-21-15-13-19;1-2/h2-3,8-9,18-19,21H,1,4-7,10-16H2;1-2H3/b8-3-,17-9+;. The van der Waals surface area contributed by atoms with Gasteiger partial charge in [-0.1, -0.05) is 63.1 Å². The van der Waals surface area contributed by atoms with E-state index in [4.69, 9.17) is 11.6 Å². The lowest BCUT2D eigenvalue weighted by Crippen LogP contribution is -2.43. The number of nitrogens with one attached hydrogen (secondary N) is 1. The van der Waals surface area contributed by atoms with E-state index in [2.05, 4.69) is 22.9 Å². The van der Waals surface area contributed by atoms with Gasteiger partial charge in [-0.15, -0.1) is 0 Å². The zero-order chi connectivity index (χ0) is 17.6. The molecule has 1 saturated carbocycles.